The van der Waals surface area contributed by atoms with Crippen LogP contribution < -0.4 is 25.3 Å². The first kappa shape index (κ1) is 36.7. The minimum absolute atomic E-state index is 0.165. The van der Waals surface area contributed by atoms with Crippen molar-refractivity contribution in [1.82, 2.24) is 24.7 Å². The molecule has 7 rings (SSSR count). The lowest BCUT2D eigenvalue weighted by atomic mass is 9.99. The van der Waals surface area contributed by atoms with Gasteiger partial charge >= 0.3 is 0 Å². The molecule has 1 atom stereocenters. The van der Waals surface area contributed by atoms with Gasteiger partial charge in [0.2, 0.25) is 5.91 Å². The molecule has 0 radical (unpaired) electrons. The molecule has 0 saturated carbocycles. The van der Waals surface area contributed by atoms with Crippen LogP contribution in [0.25, 0.3) is 0 Å². The lowest BCUT2D eigenvalue weighted by Crippen LogP contribution is -2.56. The summed E-state index contributed by atoms with van der Waals surface area (Å²) in [4.78, 5) is 37.9. The van der Waals surface area contributed by atoms with Crippen molar-refractivity contribution in [1.29, 1.82) is 0 Å². The first-order valence-electron chi connectivity index (χ1n) is 18.3. The normalized spacial score (nSPS) is 21.3. The highest BCUT2D eigenvalue weighted by Crippen LogP contribution is 2.42. The zero-order valence-electron chi connectivity index (χ0n) is 30.1. The van der Waals surface area contributed by atoms with Crippen LogP contribution in [-0.2, 0) is 9.63 Å². The largest absolute Gasteiger partial charge is 0.494 e. The van der Waals surface area contributed by atoms with E-state index in [1.165, 1.54) is 38.3 Å². The van der Waals surface area contributed by atoms with E-state index in [1.807, 2.05) is 30.3 Å². The maximum atomic E-state index is 12.7. The standard InChI is InChI=1S/C38H49Cl2N9O3/c1-4-37(50)44-30-22-31(43-35-24-36(42-25-41-35)49-32(12-21-52-49)28-6-5-7-29(39)38(28)40)34(51-3)23-33(30)48-15-10-27(11-16-48)47-19-17-46(18-20-47)26-8-13-45(2)14-9-26/h4-7,22-27,32H,1,8-21H2,2-3H3,(H,44,50)(H,41,42,43)/t32-/m1/s1. The smallest absolute Gasteiger partial charge is 0.247 e. The molecule has 0 spiro atoms. The van der Waals surface area contributed by atoms with E-state index in [1.54, 1.807) is 18.2 Å². The van der Waals surface area contributed by atoms with Crippen molar-refractivity contribution < 1.29 is 14.4 Å². The molecule has 4 saturated heterocycles. The zero-order chi connectivity index (χ0) is 36.2. The number of hydroxylamine groups is 1. The monoisotopic (exact) mass is 749 g/mol. The minimum Gasteiger partial charge on any atom is -0.494 e. The summed E-state index contributed by atoms with van der Waals surface area (Å²) in [7, 11) is 3.88. The van der Waals surface area contributed by atoms with E-state index in [2.05, 4.69) is 53.8 Å². The van der Waals surface area contributed by atoms with Gasteiger partial charge in [-0.05, 0) is 69.6 Å². The van der Waals surface area contributed by atoms with Crippen LogP contribution in [-0.4, -0.2) is 116 Å². The Morgan fingerprint density at radius 2 is 1.62 bits per heavy atom. The third-order valence-corrected chi connectivity index (χ3v) is 11.9. The van der Waals surface area contributed by atoms with Crippen molar-refractivity contribution >= 4 is 57.8 Å². The Morgan fingerprint density at radius 1 is 0.923 bits per heavy atom. The topological polar surface area (TPSA) is 102 Å². The number of likely N-dealkylation sites (tertiary alicyclic amines) is 1. The van der Waals surface area contributed by atoms with Crippen LogP contribution in [0.3, 0.4) is 0 Å². The lowest BCUT2D eigenvalue weighted by molar-refractivity contribution is -0.111. The van der Waals surface area contributed by atoms with Crippen molar-refractivity contribution in [2.45, 2.75) is 50.2 Å². The van der Waals surface area contributed by atoms with Gasteiger partial charge in [0.1, 0.15) is 17.9 Å². The highest BCUT2D eigenvalue weighted by Gasteiger charge is 2.33. The third kappa shape index (κ3) is 8.12. The van der Waals surface area contributed by atoms with Crippen LogP contribution in [0.1, 0.15) is 43.7 Å². The van der Waals surface area contributed by atoms with Gasteiger partial charge in [-0.15, -0.1) is 0 Å². The molecule has 4 fully saturated rings. The quantitative estimate of drug-likeness (QED) is 0.231. The molecule has 0 unspecified atom stereocenters. The summed E-state index contributed by atoms with van der Waals surface area (Å²) in [5, 5.41) is 9.17. The van der Waals surface area contributed by atoms with Gasteiger partial charge in [-0.25, -0.2) is 15.0 Å². The fraction of sp³-hybridized carbons (Fsp3) is 0.500. The van der Waals surface area contributed by atoms with Gasteiger partial charge in [-0.2, -0.15) is 0 Å². The summed E-state index contributed by atoms with van der Waals surface area (Å²) in [5.41, 5.74) is 3.10. The second-order valence-electron chi connectivity index (χ2n) is 14.1. The minimum atomic E-state index is -0.282. The maximum Gasteiger partial charge on any atom is 0.247 e. The van der Waals surface area contributed by atoms with E-state index in [0.29, 0.717) is 51.5 Å². The number of halogens is 2. The molecule has 1 amide bonds. The molecule has 0 aliphatic carbocycles. The SMILES string of the molecule is C=CC(=O)Nc1cc(Nc2cc(N3OCC[C@@H]3c3cccc(Cl)c3Cl)ncn2)c(OC)cc1N1CCC(N2CCN(C3CCN(C)CC3)CC2)CC1. The number of piperidine rings is 2. The summed E-state index contributed by atoms with van der Waals surface area (Å²) in [6, 6.07) is 12.4. The Labute approximate surface area is 316 Å². The van der Waals surface area contributed by atoms with Gasteiger partial charge in [-0.1, -0.05) is 41.9 Å². The van der Waals surface area contributed by atoms with Crippen LogP contribution in [0, 0.1) is 0 Å². The van der Waals surface area contributed by atoms with Crippen LogP contribution >= 0.6 is 23.2 Å². The maximum absolute atomic E-state index is 12.7. The molecular weight excluding hydrogens is 701 g/mol. The van der Waals surface area contributed by atoms with E-state index in [-0.39, 0.29) is 11.9 Å². The molecule has 4 aliphatic heterocycles. The molecule has 4 aliphatic rings. The number of nitrogens with zero attached hydrogens (tertiary/aromatic N) is 7. The number of carbonyl (C=O) groups is 1. The summed E-state index contributed by atoms with van der Waals surface area (Å²) >= 11 is 12.9. The number of anilines is 5. The van der Waals surface area contributed by atoms with E-state index in [0.717, 1.165) is 75.8 Å². The number of ether oxygens (including phenoxy) is 1. The molecule has 14 heteroatoms. The fourth-order valence-corrected chi connectivity index (χ4v) is 8.54. The van der Waals surface area contributed by atoms with Crippen LogP contribution in [0.2, 0.25) is 10.0 Å². The summed E-state index contributed by atoms with van der Waals surface area (Å²) in [5.74, 6) is 1.44. The second-order valence-corrected chi connectivity index (χ2v) is 14.9. The van der Waals surface area contributed by atoms with Crippen molar-refractivity contribution in [3.63, 3.8) is 0 Å². The molecule has 52 heavy (non-hydrogen) atoms. The number of hydrogen-bond acceptors (Lipinski definition) is 11. The summed E-state index contributed by atoms with van der Waals surface area (Å²) in [6.45, 7) is 13.0. The number of hydrogen-bond donors (Lipinski definition) is 2. The molecule has 12 nitrogen and oxygen atoms in total. The average Bonchev–Trinajstić information content (AvgIpc) is 3.67. The number of nitrogens with one attached hydrogen (secondary N) is 2. The van der Waals surface area contributed by atoms with Crippen LogP contribution in [0.15, 0.2) is 55.4 Å². The van der Waals surface area contributed by atoms with Gasteiger partial charge < -0.3 is 25.2 Å². The molecule has 3 aromatic rings. The Hall–Kier alpha value is -3.65. The van der Waals surface area contributed by atoms with Gasteiger partial charge in [0, 0.05) is 69.9 Å². The molecular formula is C38H49Cl2N9O3. The van der Waals surface area contributed by atoms with Crippen molar-refractivity contribution in [3.05, 3.63) is 71.0 Å². The Kier molecular flexibility index (Phi) is 11.7. The predicted octanol–water partition coefficient (Wildman–Crippen LogP) is 6.22. The molecule has 2 N–H and O–H groups in total. The lowest BCUT2D eigenvalue weighted by Gasteiger charge is -2.46. The molecule has 1 aromatic heterocycles. The number of carbonyl (C=O) groups excluding carboxylic acids is 1. The second kappa shape index (κ2) is 16.6. The Morgan fingerprint density at radius 3 is 2.29 bits per heavy atom. The van der Waals surface area contributed by atoms with E-state index in [9.17, 15) is 4.79 Å². The number of methoxy groups -OCH3 is 1. The van der Waals surface area contributed by atoms with Gasteiger partial charge in [0.25, 0.3) is 0 Å². The van der Waals surface area contributed by atoms with E-state index < -0.39 is 0 Å². The van der Waals surface area contributed by atoms with Crippen molar-refractivity contribution in [3.8, 4) is 5.75 Å². The van der Waals surface area contributed by atoms with Crippen LogP contribution in [0.4, 0.5) is 28.7 Å². The number of aromatic nitrogens is 2. The molecule has 2 aromatic carbocycles. The Bertz CT molecular complexity index is 1720. The van der Waals surface area contributed by atoms with Crippen LogP contribution in [0.5, 0.6) is 5.75 Å². The van der Waals surface area contributed by atoms with E-state index >= 15 is 0 Å². The first-order chi connectivity index (χ1) is 25.3. The third-order valence-electron chi connectivity index (χ3n) is 11.0. The van der Waals surface area contributed by atoms with Gasteiger partial charge in [-0.3, -0.25) is 19.4 Å². The zero-order valence-corrected chi connectivity index (χ0v) is 31.6. The molecule has 0 bridgehead atoms. The number of benzene rings is 2. The Balaban J connectivity index is 1.04. The number of rotatable bonds is 10. The van der Waals surface area contributed by atoms with E-state index in [4.69, 9.17) is 32.8 Å². The molecule has 5 heterocycles. The highest BCUT2D eigenvalue weighted by atomic mass is 35.5. The summed E-state index contributed by atoms with van der Waals surface area (Å²) < 4.78 is 5.90. The van der Waals surface area contributed by atoms with Crippen molar-refractivity contribution in [2.75, 3.05) is 93.7 Å². The molecule has 278 valence electrons. The average molecular weight is 751 g/mol. The first-order valence-corrected chi connectivity index (χ1v) is 19.1. The highest BCUT2D eigenvalue weighted by molar-refractivity contribution is 6.42. The summed E-state index contributed by atoms with van der Waals surface area (Å²) in [6.07, 6.45) is 8.19. The van der Waals surface area contributed by atoms with Gasteiger partial charge in [0.05, 0.1) is 46.9 Å². The van der Waals surface area contributed by atoms with Gasteiger partial charge in [0.15, 0.2) is 5.82 Å². The number of piperazine rings is 1. The van der Waals surface area contributed by atoms with Crippen molar-refractivity contribution in [2.24, 2.45) is 0 Å². The number of amides is 1. The fourth-order valence-electron chi connectivity index (χ4n) is 8.11. The predicted molar refractivity (Wildman–Crippen MR) is 208 cm³/mol.